The average molecular weight is 278 g/mol. The number of pyridine rings is 1. The van der Waals surface area contributed by atoms with E-state index in [1.165, 1.54) is 7.11 Å². The summed E-state index contributed by atoms with van der Waals surface area (Å²) in [6.45, 7) is 2.03. The molecule has 0 saturated carbocycles. The first kappa shape index (κ1) is 14.3. The van der Waals surface area contributed by atoms with Crippen LogP contribution < -0.4 is 15.5 Å². The number of hydrogen-bond donors (Lipinski definition) is 2. The van der Waals surface area contributed by atoms with Crippen molar-refractivity contribution in [1.29, 1.82) is 0 Å². The number of carbonyl (C=O) groups is 2. The Kier molecular flexibility index (Phi) is 4.52. The van der Waals surface area contributed by atoms with Gasteiger partial charge >= 0.3 is 5.97 Å². The predicted octanol–water partition coefficient (Wildman–Crippen LogP) is -0.608. The minimum atomic E-state index is -0.488. The Balaban J connectivity index is 2.28. The van der Waals surface area contributed by atoms with Gasteiger partial charge in [0.25, 0.3) is 0 Å². The molecule has 1 unspecified atom stereocenters. The molecule has 2 N–H and O–H groups in total. The van der Waals surface area contributed by atoms with Crippen LogP contribution in [0, 0.1) is 0 Å². The zero-order valence-corrected chi connectivity index (χ0v) is 11.5. The summed E-state index contributed by atoms with van der Waals surface area (Å²) in [5.74, 6) is -0.549. The van der Waals surface area contributed by atoms with Gasteiger partial charge in [-0.2, -0.15) is 0 Å². The maximum absolute atomic E-state index is 11.9. The van der Waals surface area contributed by atoms with Gasteiger partial charge in [0.05, 0.1) is 7.11 Å². The SMILES string of the molecule is CNC(=O)C1CNCCN1c1ccnc(C(=O)OC)c1. The van der Waals surface area contributed by atoms with Crippen LogP contribution in [-0.2, 0) is 9.53 Å². The number of nitrogens with one attached hydrogen (secondary N) is 2. The summed E-state index contributed by atoms with van der Waals surface area (Å²) >= 11 is 0. The quantitative estimate of drug-likeness (QED) is 0.718. The number of ether oxygens (including phenoxy) is 1. The van der Waals surface area contributed by atoms with Gasteiger partial charge in [-0.1, -0.05) is 0 Å². The van der Waals surface area contributed by atoms with Crippen molar-refractivity contribution < 1.29 is 14.3 Å². The highest BCUT2D eigenvalue weighted by Gasteiger charge is 2.28. The van der Waals surface area contributed by atoms with Crippen LogP contribution >= 0.6 is 0 Å². The summed E-state index contributed by atoms with van der Waals surface area (Å²) in [6.07, 6.45) is 1.55. The van der Waals surface area contributed by atoms with Crippen LogP contribution in [0.4, 0.5) is 5.69 Å². The zero-order valence-electron chi connectivity index (χ0n) is 11.5. The lowest BCUT2D eigenvalue weighted by Crippen LogP contribution is -2.57. The summed E-state index contributed by atoms with van der Waals surface area (Å²) in [5, 5.41) is 5.84. The smallest absolute Gasteiger partial charge is 0.356 e. The molecule has 108 valence electrons. The molecule has 0 radical (unpaired) electrons. The minimum Gasteiger partial charge on any atom is -0.464 e. The van der Waals surface area contributed by atoms with Crippen LogP contribution in [-0.4, -0.2) is 56.7 Å². The van der Waals surface area contributed by atoms with Crippen LogP contribution in [0.1, 0.15) is 10.5 Å². The monoisotopic (exact) mass is 278 g/mol. The van der Waals surface area contributed by atoms with E-state index in [0.717, 1.165) is 12.2 Å². The maximum atomic E-state index is 11.9. The van der Waals surface area contributed by atoms with Crippen molar-refractivity contribution >= 4 is 17.6 Å². The summed E-state index contributed by atoms with van der Waals surface area (Å²) in [5.41, 5.74) is 1.02. The Morgan fingerprint density at radius 3 is 3.05 bits per heavy atom. The Morgan fingerprint density at radius 2 is 2.35 bits per heavy atom. The van der Waals surface area contributed by atoms with E-state index in [2.05, 4.69) is 20.4 Å². The van der Waals surface area contributed by atoms with Crippen LogP contribution in [0.5, 0.6) is 0 Å². The Morgan fingerprint density at radius 1 is 1.55 bits per heavy atom. The number of likely N-dealkylation sites (N-methyl/N-ethyl adjacent to an activating group) is 1. The molecule has 1 atom stereocenters. The third kappa shape index (κ3) is 2.88. The van der Waals surface area contributed by atoms with Crippen LogP contribution in [0.3, 0.4) is 0 Å². The molecular weight excluding hydrogens is 260 g/mol. The van der Waals surface area contributed by atoms with E-state index in [1.807, 2.05) is 4.90 Å². The Bertz CT molecular complexity index is 506. The first-order valence-electron chi connectivity index (χ1n) is 6.40. The second-order valence-electron chi connectivity index (χ2n) is 4.42. The fourth-order valence-electron chi connectivity index (χ4n) is 2.23. The molecule has 1 amide bonds. The standard InChI is InChI=1S/C13H18N4O3/c1-14-12(18)11-8-15-5-6-17(11)9-3-4-16-10(7-9)13(19)20-2/h3-4,7,11,15H,5-6,8H2,1-2H3,(H,14,18). The number of esters is 1. The Labute approximate surface area is 117 Å². The van der Waals surface area contributed by atoms with Gasteiger partial charge in [0.1, 0.15) is 11.7 Å². The number of piperazine rings is 1. The van der Waals surface area contributed by atoms with Gasteiger partial charge in [-0.15, -0.1) is 0 Å². The van der Waals surface area contributed by atoms with Gasteiger partial charge < -0.3 is 20.3 Å². The molecule has 1 aliphatic heterocycles. The lowest BCUT2D eigenvalue weighted by atomic mass is 10.1. The number of methoxy groups -OCH3 is 1. The van der Waals surface area contributed by atoms with E-state index >= 15 is 0 Å². The van der Waals surface area contributed by atoms with E-state index in [0.29, 0.717) is 13.1 Å². The topological polar surface area (TPSA) is 83.6 Å². The van der Waals surface area contributed by atoms with Gasteiger partial charge in [-0.3, -0.25) is 4.79 Å². The third-order valence-corrected chi connectivity index (χ3v) is 3.26. The molecule has 0 spiro atoms. The second-order valence-corrected chi connectivity index (χ2v) is 4.42. The van der Waals surface area contributed by atoms with Crippen molar-refractivity contribution in [2.24, 2.45) is 0 Å². The Hall–Kier alpha value is -2.15. The van der Waals surface area contributed by atoms with Crippen molar-refractivity contribution in [2.75, 3.05) is 38.7 Å². The summed E-state index contributed by atoms with van der Waals surface area (Å²) in [7, 11) is 2.93. The highest BCUT2D eigenvalue weighted by Crippen LogP contribution is 2.19. The normalized spacial score (nSPS) is 18.5. The number of aromatic nitrogens is 1. The molecule has 0 bridgehead atoms. The van der Waals surface area contributed by atoms with E-state index in [-0.39, 0.29) is 17.6 Å². The van der Waals surface area contributed by atoms with Gasteiger partial charge in [0.2, 0.25) is 5.91 Å². The molecular formula is C13H18N4O3. The molecule has 2 rings (SSSR count). The lowest BCUT2D eigenvalue weighted by molar-refractivity contribution is -0.122. The number of carbonyl (C=O) groups excluding carboxylic acids is 2. The highest BCUT2D eigenvalue weighted by atomic mass is 16.5. The number of amides is 1. The van der Waals surface area contributed by atoms with E-state index in [4.69, 9.17) is 0 Å². The molecule has 0 aromatic carbocycles. The van der Waals surface area contributed by atoms with Crippen molar-refractivity contribution in [2.45, 2.75) is 6.04 Å². The second kappa shape index (κ2) is 6.33. The van der Waals surface area contributed by atoms with Crippen molar-refractivity contribution in [3.63, 3.8) is 0 Å². The lowest BCUT2D eigenvalue weighted by Gasteiger charge is -2.36. The maximum Gasteiger partial charge on any atom is 0.356 e. The van der Waals surface area contributed by atoms with E-state index < -0.39 is 5.97 Å². The molecule has 7 heteroatoms. The summed E-state index contributed by atoms with van der Waals surface area (Å²) in [6, 6.07) is 3.13. The van der Waals surface area contributed by atoms with Crippen molar-refractivity contribution in [1.82, 2.24) is 15.6 Å². The first-order chi connectivity index (χ1) is 9.67. The number of hydrogen-bond acceptors (Lipinski definition) is 6. The van der Waals surface area contributed by atoms with Gasteiger partial charge in [-0.25, -0.2) is 9.78 Å². The highest BCUT2D eigenvalue weighted by molar-refractivity contribution is 5.89. The molecule has 1 saturated heterocycles. The number of nitrogens with zero attached hydrogens (tertiary/aromatic N) is 2. The third-order valence-electron chi connectivity index (χ3n) is 3.26. The van der Waals surface area contributed by atoms with Gasteiger partial charge in [0, 0.05) is 38.6 Å². The van der Waals surface area contributed by atoms with Crippen LogP contribution in [0.25, 0.3) is 0 Å². The fourth-order valence-corrected chi connectivity index (χ4v) is 2.23. The number of anilines is 1. The number of rotatable bonds is 3. The summed E-state index contributed by atoms with van der Waals surface area (Å²) in [4.78, 5) is 29.4. The van der Waals surface area contributed by atoms with Crippen LogP contribution in [0.15, 0.2) is 18.3 Å². The largest absolute Gasteiger partial charge is 0.464 e. The fraction of sp³-hybridized carbons (Fsp3) is 0.462. The minimum absolute atomic E-state index is 0.0615. The van der Waals surface area contributed by atoms with Crippen molar-refractivity contribution in [3.05, 3.63) is 24.0 Å². The van der Waals surface area contributed by atoms with E-state index in [1.54, 1.807) is 25.4 Å². The molecule has 20 heavy (non-hydrogen) atoms. The zero-order chi connectivity index (χ0) is 14.5. The molecule has 1 fully saturated rings. The van der Waals surface area contributed by atoms with Crippen molar-refractivity contribution in [3.8, 4) is 0 Å². The molecule has 7 nitrogen and oxygen atoms in total. The molecule has 1 aromatic rings. The molecule has 1 aliphatic rings. The molecule has 2 heterocycles. The van der Waals surface area contributed by atoms with E-state index in [9.17, 15) is 9.59 Å². The average Bonchev–Trinajstić information content (AvgIpc) is 2.53. The summed E-state index contributed by atoms with van der Waals surface area (Å²) < 4.78 is 4.66. The first-order valence-corrected chi connectivity index (χ1v) is 6.40. The van der Waals surface area contributed by atoms with Crippen LogP contribution in [0.2, 0.25) is 0 Å². The molecule has 0 aliphatic carbocycles. The molecule has 1 aromatic heterocycles. The van der Waals surface area contributed by atoms with Gasteiger partial charge in [-0.05, 0) is 12.1 Å². The predicted molar refractivity (Wildman–Crippen MR) is 73.6 cm³/mol. The van der Waals surface area contributed by atoms with Gasteiger partial charge in [0.15, 0.2) is 0 Å².